The summed E-state index contributed by atoms with van der Waals surface area (Å²) >= 11 is 14.0. The Morgan fingerprint density at radius 3 is 2.48 bits per heavy atom. The van der Waals surface area contributed by atoms with Gasteiger partial charge in [-0.3, -0.25) is 38.8 Å². The fraction of sp³-hybridized carbons (Fsp3) is 0.148. The molecule has 15 heteroatoms. The number of imide groups is 1. The number of benzene rings is 2. The Balaban J connectivity index is 1.37. The first-order valence-electron chi connectivity index (χ1n) is 12.3. The molecule has 3 amide bonds. The molecule has 0 radical (unpaired) electrons. The van der Waals surface area contributed by atoms with Crippen molar-refractivity contribution in [2.75, 3.05) is 10.2 Å². The molecule has 6 rings (SSSR count). The van der Waals surface area contributed by atoms with Gasteiger partial charge in [-0.05, 0) is 42.0 Å². The fourth-order valence-electron chi connectivity index (χ4n) is 5.07. The van der Waals surface area contributed by atoms with Crippen molar-refractivity contribution < 1.29 is 19.3 Å². The zero-order valence-corrected chi connectivity index (χ0v) is 24.2. The molecule has 2 aromatic carbocycles. The van der Waals surface area contributed by atoms with Gasteiger partial charge in [-0.15, -0.1) is 0 Å². The van der Waals surface area contributed by atoms with Gasteiger partial charge in [0.2, 0.25) is 17.7 Å². The number of thiazole rings is 1. The van der Waals surface area contributed by atoms with Crippen molar-refractivity contribution in [2.45, 2.75) is 22.7 Å². The van der Waals surface area contributed by atoms with Crippen molar-refractivity contribution in [1.29, 1.82) is 0 Å². The lowest BCUT2D eigenvalue weighted by Gasteiger charge is -2.30. The van der Waals surface area contributed by atoms with Gasteiger partial charge in [-0.2, -0.15) is 0 Å². The van der Waals surface area contributed by atoms with Crippen molar-refractivity contribution in [3.63, 3.8) is 0 Å². The largest absolute Gasteiger partial charge is 0.324 e. The van der Waals surface area contributed by atoms with Crippen molar-refractivity contribution in [3.8, 4) is 0 Å². The maximum atomic E-state index is 13.9. The quantitative estimate of drug-likeness (QED) is 0.177. The molecule has 4 aromatic rings. The van der Waals surface area contributed by atoms with E-state index in [1.807, 2.05) is 0 Å². The molecule has 2 aromatic heterocycles. The number of carbonyl (C=O) groups excluding carboxylic acids is 3. The molecule has 1 fully saturated rings. The monoisotopic (exact) mass is 641 g/mol. The number of nitrogens with zero attached hydrogens (tertiary/aromatic N) is 4. The second-order valence-corrected chi connectivity index (χ2v) is 12.4. The Labute approximate surface area is 255 Å². The summed E-state index contributed by atoms with van der Waals surface area (Å²) < 4.78 is 1.30. The smallest absolute Gasteiger partial charge is 0.308 e. The third-order valence-corrected chi connectivity index (χ3v) is 10.3. The van der Waals surface area contributed by atoms with E-state index in [-0.39, 0.29) is 22.9 Å². The number of nitro groups is 1. The van der Waals surface area contributed by atoms with E-state index in [4.69, 9.17) is 23.2 Å². The molecule has 42 heavy (non-hydrogen) atoms. The lowest BCUT2D eigenvalue weighted by Crippen LogP contribution is -2.33. The van der Waals surface area contributed by atoms with Gasteiger partial charge in [0.1, 0.15) is 11.8 Å². The number of nitro benzene ring substituents is 1. The van der Waals surface area contributed by atoms with Crippen LogP contribution in [-0.2, 0) is 20.9 Å². The molecule has 0 saturated carbocycles. The molecule has 0 unspecified atom stereocenters. The zero-order chi connectivity index (χ0) is 29.7. The summed E-state index contributed by atoms with van der Waals surface area (Å²) in [4.78, 5) is 69.7. The number of anilines is 2. The first kappa shape index (κ1) is 28.1. The number of hydrogen-bond donors (Lipinski definition) is 1. The molecule has 1 N–H and O–H groups in total. The summed E-state index contributed by atoms with van der Waals surface area (Å²) in [6.07, 6.45) is 3.16. The van der Waals surface area contributed by atoms with Crippen LogP contribution in [0.1, 0.15) is 16.4 Å². The van der Waals surface area contributed by atoms with Gasteiger partial charge in [0.15, 0.2) is 0 Å². The van der Waals surface area contributed by atoms with Gasteiger partial charge >= 0.3 is 4.87 Å². The number of amides is 3. The molecule has 0 spiro atoms. The summed E-state index contributed by atoms with van der Waals surface area (Å²) in [5, 5.41) is 13.9. The number of fused-ring (bicyclic) bond motifs is 2. The number of pyridine rings is 1. The van der Waals surface area contributed by atoms with Crippen molar-refractivity contribution in [2.24, 2.45) is 5.92 Å². The molecule has 2 aliphatic rings. The van der Waals surface area contributed by atoms with Crippen molar-refractivity contribution in [3.05, 3.63) is 107 Å². The van der Waals surface area contributed by atoms with Crippen LogP contribution in [0.25, 0.3) is 0 Å². The standard InChI is InChI=1S/C27H17Cl2N5O6S2/c28-17-8-3-14(10-18(17)29)31-19(35)12-32-26-23(42-27(32)38)20(13-2-1-9-30-11-13)21-22(41-26)25(37)33(24(21)36)15-4-6-16(7-5-15)34(39)40/h1-11,20-22H,12H2,(H,31,35)/t20-,21-,22+/m0/s1. The SMILES string of the molecule is O=C(Cn1c2c(sc1=O)[C@@H](c1cccnc1)[C@@H]1C(=O)N(c3ccc([N+](=O)[O-])cc3)C(=O)[C@@H]1S2)Nc1ccc(Cl)c(Cl)c1. The molecular formula is C27H17Cl2N5O6S2. The van der Waals surface area contributed by atoms with Gasteiger partial charge in [0, 0.05) is 41.0 Å². The molecule has 1 saturated heterocycles. The van der Waals surface area contributed by atoms with Crippen LogP contribution in [0, 0.1) is 16.0 Å². The average molecular weight is 643 g/mol. The first-order chi connectivity index (χ1) is 20.1. The van der Waals surface area contributed by atoms with Crippen molar-refractivity contribution >= 4 is 81.1 Å². The summed E-state index contributed by atoms with van der Waals surface area (Å²) in [5.74, 6) is -3.06. The first-order valence-corrected chi connectivity index (χ1v) is 14.8. The van der Waals surface area contributed by atoms with Gasteiger partial charge in [0.25, 0.3) is 5.69 Å². The lowest BCUT2D eigenvalue weighted by atomic mass is 9.84. The predicted molar refractivity (Wildman–Crippen MR) is 158 cm³/mol. The summed E-state index contributed by atoms with van der Waals surface area (Å²) in [7, 11) is 0. The number of non-ortho nitro benzene ring substituents is 1. The maximum absolute atomic E-state index is 13.9. The van der Waals surface area contributed by atoms with E-state index in [0.29, 0.717) is 26.2 Å². The van der Waals surface area contributed by atoms with Crippen LogP contribution in [0.5, 0.6) is 0 Å². The Bertz CT molecular complexity index is 1830. The minimum atomic E-state index is -0.913. The van der Waals surface area contributed by atoms with Crippen LogP contribution in [-0.4, -0.2) is 37.4 Å². The fourth-order valence-corrected chi connectivity index (χ4v) is 8.14. The zero-order valence-electron chi connectivity index (χ0n) is 21.1. The minimum Gasteiger partial charge on any atom is -0.324 e. The average Bonchev–Trinajstić information content (AvgIpc) is 3.41. The Kier molecular flexibility index (Phi) is 7.35. The van der Waals surface area contributed by atoms with Crippen molar-refractivity contribution in [1.82, 2.24) is 9.55 Å². The van der Waals surface area contributed by atoms with E-state index in [1.54, 1.807) is 30.6 Å². The number of aromatic nitrogens is 2. The van der Waals surface area contributed by atoms with Crippen LogP contribution in [0.2, 0.25) is 10.0 Å². The number of halogens is 2. The maximum Gasteiger partial charge on any atom is 0.308 e. The Hall–Kier alpha value is -4.04. The number of carbonyl (C=O) groups is 3. The summed E-state index contributed by atoms with van der Waals surface area (Å²) in [5.41, 5.74) is 1.05. The van der Waals surface area contributed by atoms with Gasteiger partial charge < -0.3 is 5.32 Å². The lowest BCUT2D eigenvalue weighted by molar-refractivity contribution is -0.384. The van der Waals surface area contributed by atoms with E-state index < -0.39 is 44.6 Å². The normalized spacial score (nSPS) is 19.4. The van der Waals surface area contributed by atoms with Crippen LogP contribution in [0.15, 0.2) is 76.8 Å². The molecular weight excluding hydrogens is 625 g/mol. The Morgan fingerprint density at radius 2 is 1.81 bits per heavy atom. The van der Waals surface area contributed by atoms with E-state index in [0.717, 1.165) is 28.0 Å². The number of nitrogens with one attached hydrogen (secondary N) is 1. The van der Waals surface area contributed by atoms with Gasteiger partial charge in [0.05, 0.1) is 31.6 Å². The van der Waals surface area contributed by atoms with Crippen LogP contribution in [0.3, 0.4) is 0 Å². The van der Waals surface area contributed by atoms with E-state index in [9.17, 15) is 29.3 Å². The molecule has 0 bridgehead atoms. The third kappa shape index (κ3) is 4.87. The minimum absolute atomic E-state index is 0.178. The van der Waals surface area contributed by atoms with Crippen LogP contribution in [0.4, 0.5) is 17.1 Å². The highest BCUT2D eigenvalue weighted by Crippen LogP contribution is 2.53. The number of rotatable bonds is 6. The van der Waals surface area contributed by atoms with E-state index >= 15 is 0 Å². The van der Waals surface area contributed by atoms with Crippen LogP contribution < -0.4 is 15.1 Å². The predicted octanol–water partition coefficient (Wildman–Crippen LogP) is 4.95. The van der Waals surface area contributed by atoms with E-state index in [2.05, 4.69) is 10.3 Å². The van der Waals surface area contributed by atoms with Crippen LogP contribution >= 0.6 is 46.3 Å². The Morgan fingerprint density at radius 1 is 1.05 bits per heavy atom. The third-order valence-electron chi connectivity index (χ3n) is 6.92. The number of hydrogen-bond acceptors (Lipinski definition) is 9. The molecule has 11 nitrogen and oxygen atoms in total. The highest BCUT2D eigenvalue weighted by molar-refractivity contribution is 8.00. The van der Waals surface area contributed by atoms with Gasteiger partial charge in [-0.25, -0.2) is 4.90 Å². The second-order valence-electron chi connectivity index (χ2n) is 9.41. The second kappa shape index (κ2) is 11.0. The molecule has 2 aliphatic heterocycles. The molecule has 212 valence electrons. The summed E-state index contributed by atoms with van der Waals surface area (Å²) in [6, 6.07) is 13.2. The molecule has 3 atom stereocenters. The molecule has 0 aliphatic carbocycles. The summed E-state index contributed by atoms with van der Waals surface area (Å²) in [6.45, 7) is -0.344. The van der Waals surface area contributed by atoms with Gasteiger partial charge in [-0.1, -0.05) is 52.4 Å². The highest BCUT2D eigenvalue weighted by Gasteiger charge is 2.57. The van der Waals surface area contributed by atoms with E-state index in [1.165, 1.54) is 41.0 Å². The molecule has 4 heterocycles. The number of thioether (sulfide) groups is 1. The highest BCUT2D eigenvalue weighted by atomic mass is 35.5. The topological polar surface area (TPSA) is 145 Å².